The van der Waals surface area contributed by atoms with Crippen molar-refractivity contribution >= 4 is 5.97 Å². The first-order chi connectivity index (χ1) is 7.45. The summed E-state index contributed by atoms with van der Waals surface area (Å²) in [6, 6.07) is 1.53. The molecule has 1 atom stereocenters. The Morgan fingerprint density at radius 3 is 2.75 bits per heavy atom. The minimum Gasteiger partial charge on any atom is -0.480 e. The Labute approximate surface area is 95.7 Å². The van der Waals surface area contributed by atoms with Crippen LogP contribution in [0, 0.1) is 0 Å². The van der Waals surface area contributed by atoms with Crippen molar-refractivity contribution in [3.63, 3.8) is 0 Å². The molecule has 0 aliphatic heterocycles. The number of aromatic nitrogens is 2. The highest BCUT2D eigenvalue weighted by molar-refractivity contribution is 5.72. The van der Waals surface area contributed by atoms with E-state index < -0.39 is 12.0 Å². The summed E-state index contributed by atoms with van der Waals surface area (Å²) >= 11 is 0. The summed E-state index contributed by atoms with van der Waals surface area (Å²) in [5.41, 5.74) is 2.07. The molecule has 0 saturated heterocycles. The minimum absolute atomic E-state index is 0.486. The third-order valence-electron chi connectivity index (χ3n) is 2.82. The van der Waals surface area contributed by atoms with E-state index in [4.69, 9.17) is 5.11 Å². The average molecular weight is 225 g/mol. The fourth-order valence-electron chi connectivity index (χ4n) is 1.47. The lowest BCUT2D eigenvalue weighted by Gasteiger charge is -2.20. The molecular weight excluding hydrogens is 206 g/mol. The molecule has 16 heavy (non-hydrogen) atoms. The van der Waals surface area contributed by atoms with Gasteiger partial charge in [0.25, 0.3) is 0 Å². The molecule has 0 bridgehead atoms. The summed E-state index contributed by atoms with van der Waals surface area (Å²) in [7, 11) is 3.69. The summed E-state index contributed by atoms with van der Waals surface area (Å²) < 4.78 is 1.81. The maximum atomic E-state index is 10.8. The van der Waals surface area contributed by atoms with Crippen LogP contribution in [0.25, 0.3) is 0 Å². The number of hydrogen-bond acceptors (Lipinski definition) is 3. The number of hydrogen-bond donors (Lipinski definition) is 1. The van der Waals surface area contributed by atoms with Crippen LogP contribution in [-0.4, -0.2) is 38.8 Å². The molecular formula is C11H19N3O2. The Bertz CT molecular complexity index is 373. The Kier molecular flexibility index (Phi) is 4.06. The fraction of sp³-hybridized carbons (Fsp3) is 0.636. The quantitative estimate of drug-likeness (QED) is 0.808. The average Bonchev–Trinajstić information content (AvgIpc) is 2.58. The van der Waals surface area contributed by atoms with Crippen molar-refractivity contribution in [1.29, 1.82) is 0 Å². The monoisotopic (exact) mass is 225 g/mol. The van der Waals surface area contributed by atoms with Crippen LogP contribution in [-0.2, 0) is 24.8 Å². The van der Waals surface area contributed by atoms with Crippen LogP contribution in [0.15, 0.2) is 6.07 Å². The third kappa shape index (κ3) is 2.82. The van der Waals surface area contributed by atoms with Crippen molar-refractivity contribution < 1.29 is 9.90 Å². The molecule has 0 radical (unpaired) electrons. The molecule has 0 aliphatic carbocycles. The van der Waals surface area contributed by atoms with Gasteiger partial charge in [0.1, 0.15) is 6.04 Å². The number of nitrogens with zero attached hydrogens (tertiary/aromatic N) is 3. The van der Waals surface area contributed by atoms with Crippen LogP contribution in [0.1, 0.15) is 25.2 Å². The lowest BCUT2D eigenvalue weighted by atomic mass is 10.2. The summed E-state index contributed by atoms with van der Waals surface area (Å²) in [4.78, 5) is 12.6. The van der Waals surface area contributed by atoms with E-state index in [1.54, 1.807) is 18.9 Å². The van der Waals surface area contributed by atoms with Gasteiger partial charge in [-0.1, -0.05) is 6.92 Å². The third-order valence-corrected chi connectivity index (χ3v) is 2.82. The van der Waals surface area contributed by atoms with Crippen LogP contribution in [0.3, 0.4) is 0 Å². The summed E-state index contributed by atoms with van der Waals surface area (Å²) in [6.07, 6.45) is 0.895. The van der Waals surface area contributed by atoms with Gasteiger partial charge in [-0.15, -0.1) is 0 Å². The summed E-state index contributed by atoms with van der Waals surface area (Å²) in [6.45, 7) is 4.33. The molecule has 1 rings (SSSR count). The molecule has 0 aromatic carbocycles. The number of carbonyl (C=O) groups is 1. The highest BCUT2D eigenvalue weighted by Gasteiger charge is 2.18. The number of carboxylic acids is 1. The molecule has 0 fully saturated rings. The van der Waals surface area contributed by atoms with E-state index in [9.17, 15) is 4.79 Å². The molecule has 5 nitrogen and oxygen atoms in total. The Balaban J connectivity index is 2.72. The first-order valence-electron chi connectivity index (χ1n) is 5.40. The van der Waals surface area contributed by atoms with Gasteiger partial charge in [0.15, 0.2) is 0 Å². The molecule has 1 N–H and O–H groups in total. The molecule has 0 saturated carbocycles. The number of aryl methyl sites for hydroxylation is 2. The zero-order valence-corrected chi connectivity index (χ0v) is 10.3. The van der Waals surface area contributed by atoms with Gasteiger partial charge in [-0.25, -0.2) is 0 Å². The van der Waals surface area contributed by atoms with Crippen molar-refractivity contribution in [2.45, 2.75) is 32.9 Å². The topological polar surface area (TPSA) is 58.4 Å². The van der Waals surface area contributed by atoms with Crippen LogP contribution < -0.4 is 0 Å². The van der Waals surface area contributed by atoms with E-state index in [2.05, 4.69) is 12.0 Å². The first-order valence-corrected chi connectivity index (χ1v) is 5.40. The van der Waals surface area contributed by atoms with E-state index in [0.717, 1.165) is 17.8 Å². The molecule has 1 heterocycles. The van der Waals surface area contributed by atoms with E-state index in [0.29, 0.717) is 6.54 Å². The van der Waals surface area contributed by atoms with E-state index in [-0.39, 0.29) is 0 Å². The molecule has 90 valence electrons. The van der Waals surface area contributed by atoms with Gasteiger partial charge < -0.3 is 5.11 Å². The van der Waals surface area contributed by atoms with Crippen LogP contribution in [0.2, 0.25) is 0 Å². The lowest BCUT2D eigenvalue weighted by molar-refractivity contribution is -0.142. The predicted molar refractivity (Wildman–Crippen MR) is 61.2 cm³/mol. The molecule has 0 aliphatic rings. The standard InChI is InChI=1S/C11H19N3O2/c1-5-9-6-10(14(4)12-9)7-13(3)8(2)11(15)16/h6,8H,5,7H2,1-4H3,(H,15,16). The summed E-state index contributed by atoms with van der Waals surface area (Å²) in [5.74, 6) is -0.805. The van der Waals surface area contributed by atoms with E-state index in [1.165, 1.54) is 0 Å². The van der Waals surface area contributed by atoms with Gasteiger partial charge in [-0.2, -0.15) is 5.10 Å². The zero-order valence-electron chi connectivity index (χ0n) is 10.3. The molecule has 1 unspecified atom stereocenters. The number of aliphatic carboxylic acids is 1. The van der Waals surface area contributed by atoms with Crippen molar-refractivity contribution in [1.82, 2.24) is 14.7 Å². The second-order valence-electron chi connectivity index (χ2n) is 4.03. The van der Waals surface area contributed by atoms with E-state index >= 15 is 0 Å². The van der Waals surface area contributed by atoms with Gasteiger partial charge in [0, 0.05) is 13.6 Å². The smallest absolute Gasteiger partial charge is 0.320 e. The fourth-order valence-corrected chi connectivity index (χ4v) is 1.47. The maximum absolute atomic E-state index is 10.8. The molecule has 5 heteroatoms. The molecule has 0 spiro atoms. The lowest BCUT2D eigenvalue weighted by Crippen LogP contribution is -2.35. The van der Waals surface area contributed by atoms with Gasteiger partial charge in [-0.05, 0) is 26.5 Å². The molecule has 1 aromatic rings. The van der Waals surface area contributed by atoms with Gasteiger partial charge in [0.2, 0.25) is 0 Å². The van der Waals surface area contributed by atoms with Crippen LogP contribution in [0.4, 0.5) is 0 Å². The van der Waals surface area contributed by atoms with Gasteiger partial charge in [0.05, 0.1) is 11.4 Å². The molecule has 0 amide bonds. The Morgan fingerprint density at radius 1 is 1.69 bits per heavy atom. The van der Waals surface area contributed by atoms with Crippen molar-refractivity contribution in [3.05, 3.63) is 17.5 Å². The van der Waals surface area contributed by atoms with Crippen molar-refractivity contribution in [2.24, 2.45) is 7.05 Å². The van der Waals surface area contributed by atoms with E-state index in [1.807, 2.05) is 17.8 Å². The highest BCUT2D eigenvalue weighted by Crippen LogP contribution is 2.08. The SMILES string of the molecule is CCc1cc(CN(C)C(C)C(=O)O)n(C)n1. The molecule has 1 aromatic heterocycles. The Hall–Kier alpha value is -1.36. The maximum Gasteiger partial charge on any atom is 0.320 e. The number of rotatable bonds is 5. The normalized spacial score (nSPS) is 13.1. The highest BCUT2D eigenvalue weighted by atomic mass is 16.4. The first kappa shape index (κ1) is 12.7. The Morgan fingerprint density at radius 2 is 2.31 bits per heavy atom. The number of carboxylic acid groups (broad SMARTS) is 1. The second-order valence-corrected chi connectivity index (χ2v) is 4.03. The number of likely N-dealkylation sites (N-methyl/N-ethyl adjacent to an activating group) is 1. The second kappa shape index (κ2) is 5.12. The minimum atomic E-state index is -0.805. The van der Waals surface area contributed by atoms with Gasteiger partial charge in [-0.3, -0.25) is 14.4 Å². The van der Waals surface area contributed by atoms with Crippen LogP contribution >= 0.6 is 0 Å². The van der Waals surface area contributed by atoms with Gasteiger partial charge >= 0.3 is 5.97 Å². The van der Waals surface area contributed by atoms with Crippen molar-refractivity contribution in [3.8, 4) is 0 Å². The zero-order chi connectivity index (χ0) is 12.3. The van der Waals surface area contributed by atoms with Crippen LogP contribution in [0.5, 0.6) is 0 Å². The summed E-state index contributed by atoms with van der Waals surface area (Å²) in [5, 5.41) is 13.2. The van der Waals surface area contributed by atoms with Crippen molar-refractivity contribution in [2.75, 3.05) is 7.05 Å². The largest absolute Gasteiger partial charge is 0.480 e. The predicted octanol–water partition coefficient (Wildman–Crippen LogP) is 0.887.